The zero-order chi connectivity index (χ0) is 14.3. The Morgan fingerprint density at radius 2 is 2.11 bits per heavy atom. The van der Waals surface area contributed by atoms with Crippen molar-refractivity contribution in [2.75, 3.05) is 40.4 Å². The molecule has 3 heteroatoms. The van der Waals surface area contributed by atoms with Gasteiger partial charge in [-0.25, -0.2) is 0 Å². The van der Waals surface area contributed by atoms with E-state index in [-0.39, 0.29) is 0 Å². The second-order valence-electron chi connectivity index (χ2n) is 6.78. The number of rotatable bonds is 8. The maximum Gasteiger partial charge on any atom is 0.0474 e. The Hall–Kier alpha value is -0.120. The van der Waals surface area contributed by atoms with E-state index in [1.54, 1.807) is 7.11 Å². The van der Waals surface area contributed by atoms with Crippen molar-refractivity contribution in [1.82, 2.24) is 10.2 Å². The van der Waals surface area contributed by atoms with Crippen molar-refractivity contribution < 1.29 is 4.74 Å². The van der Waals surface area contributed by atoms with Crippen molar-refractivity contribution in [2.24, 2.45) is 11.3 Å². The minimum Gasteiger partial charge on any atom is -0.385 e. The zero-order valence-electron chi connectivity index (χ0n) is 13.7. The van der Waals surface area contributed by atoms with Crippen LogP contribution in [0.3, 0.4) is 0 Å². The highest BCUT2D eigenvalue weighted by atomic mass is 16.5. The second-order valence-corrected chi connectivity index (χ2v) is 6.78. The van der Waals surface area contributed by atoms with E-state index in [4.69, 9.17) is 4.74 Å². The number of nitrogens with one attached hydrogen (secondary N) is 1. The van der Waals surface area contributed by atoms with E-state index in [1.807, 2.05) is 0 Å². The van der Waals surface area contributed by atoms with Gasteiger partial charge < -0.3 is 15.0 Å². The predicted octanol–water partition coefficient (Wildman–Crippen LogP) is 2.76. The van der Waals surface area contributed by atoms with Gasteiger partial charge in [-0.15, -0.1) is 0 Å². The third-order valence-corrected chi connectivity index (χ3v) is 4.57. The molecule has 0 amide bonds. The molecule has 0 saturated heterocycles. The molecule has 2 atom stereocenters. The predicted molar refractivity (Wildman–Crippen MR) is 82.6 cm³/mol. The molecular weight excluding hydrogens is 236 g/mol. The Kier molecular flexibility index (Phi) is 7.33. The van der Waals surface area contributed by atoms with Crippen molar-refractivity contribution >= 4 is 0 Å². The molecule has 1 aliphatic rings. The van der Waals surface area contributed by atoms with Crippen LogP contribution in [0, 0.1) is 11.3 Å². The van der Waals surface area contributed by atoms with Gasteiger partial charge in [-0.2, -0.15) is 0 Å². The molecule has 1 N–H and O–H groups in total. The van der Waals surface area contributed by atoms with Crippen LogP contribution in [-0.2, 0) is 4.74 Å². The van der Waals surface area contributed by atoms with Crippen molar-refractivity contribution in [1.29, 1.82) is 0 Å². The summed E-state index contributed by atoms with van der Waals surface area (Å²) >= 11 is 0. The van der Waals surface area contributed by atoms with Crippen molar-refractivity contribution in [3.63, 3.8) is 0 Å². The Balaban J connectivity index is 2.48. The third kappa shape index (κ3) is 5.41. The standard InChI is InChI=1S/C16H34N2O/c1-6-17-15-14(9-7-10-16(15,2)3)13-18(4)11-8-12-19-5/h14-15,17H,6-13H2,1-5H3. The summed E-state index contributed by atoms with van der Waals surface area (Å²) in [5, 5.41) is 3.75. The minimum absolute atomic E-state index is 0.437. The number of hydrogen-bond acceptors (Lipinski definition) is 3. The molecule has 1 fully saturated rings. The molecule has 0 aliphatic heterocycles. The zero-order valence-corrected chi connectivity index (χ0v) is 13.7. The summed E-state index contributed by atoms with van der Waals surface area (Å²) in [5.74, 6) is 0.788. The van der Waals surface area contributed by atoms with Crippen LogP contribution in [0.1, 0.15) is 46.5 Å². The average molecular weight is 270 g/mol. The fourth-order valence-corrected chi connectivity index (χ4v) is 3.61. The number of hydrogen-bond donors (Lipinski definition) is 1. The lowest BCUT2D eigenvalue weighted by Crippen LogP contribution is -2.52. The van der Waals surface area contributed by atoms with E-state index in [0.29, 0.717) is 11.5 Å². The normalized spacial score (nSPS) is 26.8. The van der Waals surface area contributed by atoms with Crippen LogP contribution in [0.2, 0.25) is 0 Å². The minimum atomic E-state index is 0.437. The highest BCUT2D eigenvalue weighted by Crippen LogP contribution is 2.39. The fourth-order valence-electron chi connectivity index (χ4n) is 3.61. The molecule has 19 heavy (non-hydrogen) atoms. The molecule has 1 rings (SSSR count). The van der Waals surface area contributed by atoms with Gasteiger partial charge in [0.2, 0.25) is 0 Å². The quantitative estimate of drug-likeness (QED) is 0.686. The van der Waals surface area contributed by atoms with Gasteiger partial charge >= 0.3 is 0 Å². The van der Waals surface area contributed by atoms with Crippen molar-refractivity contribution in [2.45, 2.75) is 52.5 Å². The first-order valence-corrected chi connectivity index (χ1v) is 7.92. The van der Waals surface area contributed by atoms with Crippen LogP contribution in [0.15, 0.2) is 0 Å². The fraction of sp³-hybridized carbons (Fsp3) is 1.00. The van der Waals surface area contributed by atoms with Crippen LogP contribution >= 0.6 is 0 Å². The van der Waals surface area contributed by atoms with E-state index < -0.39 is 0 Å². The van der Waals surface area contributed by atoms with Gasteiger partial charge in [0.25, 0.3) is 0 Å². The molecule has 0 aromatic rings. The molecule has 1 saturated carbocycles. The number of methoxy groups -OCH3 is 1. The Labute approximate surface area is 120 Å². The van der Waals surface area contributed by atoms with Gasteiger partial charge in [-0.1, -0.05) is 27.2 Å². The molecule has 0 bridgehead atoms. The molecule has 0 radical (unpaired) electrons. The van der Waals surface area contributed by atoms with Crippen LogP contribution in [-0.4, -0.2) is 51.3 Å². The summed E-state index contributed by atoms with van der Waals surface area (Å²) < 4.78 is 5.14. The SMILES string of the molecule is CCNC1C(CN(C)CCCOC)CCCC1(C)C. The first kappa shape index (κ1) is 16.9. The summed E-state index contributed by atoms with van der Waals surface area (Å²) in [4.78, 5) is 2.48. The summed E-state index contributed by atoms with van der Waals surface area (Å²) in [6, 6.07) is 0.663. The van der Waals surface area contributed by atoms with Crippen LogP contribution in [0.4, 0.5) is 0 Å². The largest absolute Gasteiger partial charge is 0.385 e. The van der Waals surface area contributed by atoms with Gasteiger partial charge in [-0.05, 0) is 44.2 Å². The topological polar surface area (TPSA) is 24.5 Å². The Morgan fingerprint density at radius 3 is 2.74 bits per heavy atom. The lowest BCUT2D eigenvalue weighted by Gasteiger charge is -2.45. The number of nitrogens with zero attached hydrogens (tertiary/aromatic N) is 1. The van der Waals surface area contributed by atoms with E-state index in [2.05, 4.69) is 38.0 Å². The van der Waals surface area contributed by atoms with E-state index in [0.717, 1.165) is 32.0 Å². The van der Waals surface area contributed by atoms with Gasteiger partial charge in [0, 0.05) is 32.8 Å². The third-order valence-electron chi connectivity index (χ3n) is 4.57. The van der Waals surface area contributed by atoms with Crippen LogP contribution in [0.25, 0.3) is 0 Å². The summed E-state index contributed by atoms with van der Waals surface area (Å²) in [7, 11) is 4.03. The molecule has 0 aromatic heterocycles. The molecule has 0 aromatic carbocycles. The van der Waals surface area contributed by atoms with Gasteiger partial charge in [0.05, 0.1) is 0 Å². The van der Waals surface area contributed by atoms with Crippen LogP contribution < -0.4 is 5.32 Å². The Bertz CT molecular complexity index is 243. The summed E-state index contributed by atoms with van der Waals surface area (Å²) in [6.07, 6.45) is 5.24. The smallest absolute Gasteiger partial charge is 0.0474 e. The first-order valence-electron chi connectivity index (χ1n) is 7.92. The monoisotopic (exact) mass is 270 g/mol. The van der Waals surface area contributed by atoms with E-state index in [9.17, 15) is 0 Å². The van der Waals surface area contributed by atoms with Gasteiger partial charge in [-0.3, -0.25) is 0 Å². The highest BCUT2D eigenvalue weighted by Gasteiger charge is 2.38. The summed E-state index contributed by atoms with van der Waals surface area (Å²) in [5.41, 5.74) is 0.437. The maximum absolute atomic E-state index is 5.14. The molecule has 0 spiro atoms. The van der Waals surface area contributed by atoms with Gasteiger partial charge in [0.15, 0.2) is 0 Å². The van der Waals surface area contributed by atoms with Crippen molar-refractivity contribution in [3.05, 3.63) is 0 Å². The van der Waals surface area contributed by atoms with Crippen LogP contribution in [0.5, 0.6) is 0 Å². The first-order chi connectivity index (χ1) is 9.01. The summed E-state index contributed by atoms with van der Waals surface area (Å²) in [6.45, 7) is 11.4. The lowest BCUT2D eigenvalue weighted by molar-refractivity contribution is 0.0835. The van der Waals surface area contributed by atoms with E-state index >= 15 is 0 Å². The molecule has 2 unspecified atom stereocenters. The molecule has 3 nitrogen and oxygen atoms in total. The highest BCUT2D eigenvalue weighted by molar-refractivity contribution is 4.94. The maximum atomic E-state index is 5.14. The lowest BCUT2D eigenvalue weighted by atomic mass is 9.67. The van der Waals surface area contributed by atoms with Gasteiger partial charge in [0.1, 0.15) is 0 Å². The molecule has 1 aliphatic carbocycles. The van der Waals surface area contributed by atoms with Crippen molar-refractivity contribution in [3.8, 4) is 0 Å². The molecular formula is C16H34N2O. The second kappa shape index (κ2) is 8.23. The molecule has 114 valence electrons. The van der Waals surface area contributed by atoms with E-state index in [1.165, 1.54) is 25.8 Å². The average Bonchev–Trinajstić information content (AvgIpc) is 2.33. The molecule has 0 heterocycles. The number of ether oxygens (including phenoxy) is 1. The Morgan fingerprint density at radius 1 is 1.37 bits per heavy atom.